The minimum Gasteiger partial charge on any atom is -0.378 e. The average Bonchev–Trinajstić information content (AvgIpc) is 2.47. The van der Waals surface area contributed by atoms with Crippen LogP contribution in [0.4, 0.5) is 11.4 Å². The number of rotatable bonds is 4. The predicted octanol–water partition coefficient (Wildman–Crippen LogP) is 1.44. The van der Waals surface area contributed by atoms with Crippen molar-refractivity contribution in [1.29, 1.82) is 0 Å². The lowest BCUT2D eigenvalue weighted by atomic mass is 10.0. The van der Waals surface area contributed by atoms with E-state index in [4.69, 9.17) is 10.5 Å². The van der Waals surface area contributed by atoms with E-state index >= 15 is 0 Å². The highest BCUT2D eigenvalue weighted by Crippen LogP contribution is 2.26. The molecule has 2 atom stereocenters. The van der Waals surface area contributed by atoms with E-state index in [9.17, 15) is 4.79 Å². The van der Waals surface area contributed by atoms with Crippen molar-refractivity contribution in [3.05, 3.63) is 24.3 Å². The number of nitrogens with one attached hydrogen (secondary N) is 1. The SMILES string of the molecule is CC(N)C(C)C(=O)Nc1ccccc1N1CCOCC1. The van der Waals surface area contributed by atoms with Gasteiger partial charge in [-0.2, -0.15) is 0 Å². The molecule has 0 aliphatic carbocycles. The molecule has 0 aromatic heterocycles. The molecule has 1 aromatic rings. The minimum atomic E-state index is -0.215. The molecule has 110 valence electrons. The van der Waals surface area contributed by atoms with Gasteiger partial charge in [0.1, 0.15) is 0 Å². The van der Waals surface area contributed by atoms with Gasteiger partial charge in [0.2, 0.25) is 5.91 Å². The normalized spacial score (nSPS) is 18.4. The Bertz CT molecular complexity index is 456. The number of hydrogen-bond acceptors (Lipinski definition) is 4. The van der Waals surface area contributed by atoms with Crippen molar-refractivity contribution in [3.63, 3.8) is 0 Å². The second-order valence-electron chi connectivity index (χ2n) is 5.25. The van der Waals surface area contributed by atoms with E-state index in [-0.39, 0.29) is 17.9 Å². The molecule has 5 nitrogen and oxygen atoms in total. The molecular weight excluding hydrogens is 254 g/mol. The van der Waals surface area contributed by atoms with Crippen molar-refractivity contribution in [3.8, 4) is 0 Å². The summed E-state index contributed by atoms with van der Waals surface area (Å²) < 4.78 is 5.37. The Hall–Kier alpha value is -1.59. The summed E-state index contributed by atoms with van der Waals surface area (Å²) >= 11 is 0. The van der Waals surface area contributed by atoms with Gasteiger partial charge < -0.3 is 20.7 Å². The molecule has 0 radical (unpaired) electrons. The van der Waals surface area contributed by atoms with Crippen LogP contribution in [0.3, 0.4) is 0 Å². The lowest BCUT2D eigenvalue weighted by Crippen LogP contribution is -2.38. The lowest BCUT2D eigenvalue weighted by molar-refractivity contribution is -0.119. The topological polar surface area (TPSA) is 67.6 Å². The summed E-state index contributed by atoms with van der Waals surface area (Å²) in [6.07, 6.45) is 0. The first kappa shape index (κ1) is 14.8. The number of nitrogens with zero attached hydrogens (tertiary/aromatic N) is 1. The molecule has 5 heteroatoms. The summed E-state index contributed by atoms with van der Waals surface area (Å²) in [5, 5.41) is 2.99. The van der Waals surface area contributed by atoms with Crippen LogP contribution in [-0.2, 0) is 9.53 Å². The van der Waals surface area contributed by atoms with E-state index in [2.05, 4.69) is 10.2 Å². The molecule has 0 saturated carbocycles. The number of anilines is 2. The summed E-state index contributed by atoms with van der Waals surface area (Å²) in [4.78, 5) is 14.4. The highest BCUT2D eigenvalue weighted by Gasteiger charge is 2.20. The molecule has 0 spiro atoms. The second-order valence-corrected chi connectivity index (χ2v) is 5.25. The van der Waals surface area contributed by atoms with Crippen LogP contribution < -0.4 is 16.0 Å². The van der Waals surface area contributed by atoms with Gasteiger partial charge in [-0.3, -0.25) is 4.79 Å². The maximum Gasteiger partial charge on any atom is 0.228 e. The van der Waals surface area contributed by atoms with Gasteiger partial charge in [0, 0.05) is 19.1 Å². The van der Waals surface area contributed by atoms with Crippen LogP contribution in [0.15, 0.2) is 24.3 Å². The summed E-state index contributed by atoms with van der Waals surface area (Å²) in [5.41, 5.74) is 7.67. The average molecular weight is 277 g/mol. The maximum atomic E-state index is 12.2. The van der Waals surface area contributed by atoms with Crippen LogP contribution in [-0.4, -0.2) is 38.3 Å². The summed E-state index contributed by atoms with van der Waals surface area (Å²) in [7, 11) is 0. The molecule has 1 aliphatic heterocycles. The number of nitrogens with two attached hydrogens (primary N) is 1. The molecule has 20 heavy (non-hydrogen) atoms. The zero-order chi connectivity index (χ0) is 14.5. The smallest absolute Gasteiger partial charge is 0.228 e. The molecule has 1 fully saturated rings. The molecule has 2 unspecified atom stereocenters. The number of carbonyl (C=O) groups excluding carboxylic acids is 1. The van der Waals surface area contributed by atoms with E-state index in [0.29, 0.717) is 0 Å². The van der Waals surface area contributed by atoms with Gasteiger partial charge in [-0.05, 0) is 19.1 Å². The first-order chi connectivity index (χ1) is 9.59. The zero-order valence-corrected chi connectivity index (χ0v) is 12.1. The molecule has 0 bridgehead atoms. The van der Waals surface area contributed by atoms with Gasteiger partial charge in [0.25, 0.3) is 0 Å². The van der Waals surface area contributed by atoms with E-state index in [0.717, 1.165) is 37.7 Å². The Morgan fingerprint density at radius 2 is 1.95 bits per heavy atom. The van der Waals surface area contributed by atoms with Crippen molar-refractivity contribution in [2.45, 2.75) is 19.9 Å². The monoisotopic (exact) mass is 277 g/mol. The molecule has 3 N–H and O–H groups in total. The van der Waals surface area contributed by atoms with Crippen LogP contribution in [0, 0.1) is 5.92 Å². The summed E-state index contributed by atoms with van der Waals surface area (Å²) in [5.74, 6) is -0.256. The summed E-state index contributed by atoms with van der Waals surface area (Å²) in [6.45, 7) is 6.82. The van der Waals surface area contributed by atoms with Gasteiger partial charge >= 0.3 is 0 Å². The Morgan fingerprint density at radius 1 is 1.30 bits per heavy atom. The quantitative estimate of drug-likeness (QED) is 0.874. The fourth-order valence-electron chi connectivity index (χ4n) is 2.14. The third-order valence-corrected chi connectivity index (χ3v) is 3.72. The van der Waals surface area contributed by atoms with Gasteiger partial charge in [0.05, 0.1) is 30.5 Å². The Morgan fingerprint density at radius 3 is 2.60 bits per heavy atom. The van der Waals surface area contributed by atoms with E-state index < -0.39 is 0 Å². The largest absolute Gasteiger partial charge is 0.378 e. The van der Waals surface area contributed by atoms with Gasteiger partial charge in [-0.1, -0.05) is 19.1 Å². The van der Waals surface area contributed by atoms with Crippen molar-refractivity contribution < 1.29 is 9.53 Å². The maximum absolute atomic E-state index is 12.2. The Labute approximate surface area is 120 Å². The third kappa shape index (κ3) is 3.49. The van der Waals surface area contributed by atoms with Crippen LogP contribution in [0.1, 0.15) is 13.8 Å². The molecule has 1 amide bonds. The van der Waals surface area contributed by atoms with E-state index in [1.54, 1.807) is 0 Å². The summed E-state index contributed by atoms with van der Waals surface area (Å²) in [6, 6.07) is 7.70. The third-order valence-electron chi connectivity index (χ3n) is 3.72. The van der Waals surface area contributed by atoms with Crippen LogP contribution in [0.5, 0.6) is 0 Å². The fraction of sp³-hybridized carbons (Fsp3) is 0.533. The number of carbonyl (C=O) groups is 1. The van der Waals surface area contributed by atoms with Crippen LogP contribution in [0.2, 0.25) is 0 Å². The number of hydrogen-bond donors (Lipinski definition) is 2. The number of para-hydroxylation sites is 2. The Balaban J connectivity index is 2.13. The highest BCUT2D eigenvalue weighted by atomic mass is 16.5. The van der Waals surface area contributed by atoms with Crippen LogP contribution >= 0.6 is 0 Å². The van der Waals surface area contributed by atoms with Crippen molar-refractivity contribution in [2.24, 2.45) is 11.7 Å². The number of amides is 1. The van der Waals surface area contributed by atoms with Gasteiger partial charge in [-0.15, -0.1) is 0 Å². The lowest BCUT2D eigenvalue weighted by Gasteiger charge is -2.30. The Kier molecular flexibility index (Phi) is 4.98. The van der Waals surface area contributed by atoms with Gasteiger partial charge in [-0.25, -0.2) is 0 Å². The minimum absolute atomic E-state index is 0.0410. The molecule has 1 aliphatic rings. The van der Waals surface area contributed by atoms with Crippen LogP contribution in [0.25, 0.3) is 0 Å². The molecule has 2 rings (SSSR count). The number of benzene rings is 1. The first-order valence-corrected chi connectivity index (χ1v) is 7.07. The van der Waals surface area contributed by atoms with Gasteiger partial charge in [0.15, 0.2) is 0 Å². The zero-order valence-electron chi connectivity index (χ0n) is 12.1. The number of morpholine rings is 1. The molecular formula is C15H23N3O2. The van der Waals surface area contributed by atoms with E-state index in [1.165, 1.54) is 0 Å². The van der Waals surface area contributed by atoms with Crippen molar-refractivity contribution >= 4 is 17.3 Å². The highest BCUT2D eigenvalue weighted by molar-refractivity contribution is 5.96. The molecule has 1 aromatic carbocycles. The second kappa shape index (κ2) is 6.72. The number of ether oxygens (including phenoxy) is 1. The first-order valence-electron chi connectivity index (χ1n) is 7.07. The van der Waals surface area contributed by atoms with E-state index in [1.807, 2.05) is 38.1 Å². The molecule has 1 saturated heterocycles. The van der Waals surface area contributed by atoms with Crippen molar-refractivity contribution in [2.75, 3.05) is 36.5 Å². The molecule has 1 heterocycles. The van der Waals surface area contributed by atoms with Crippen molar-refractivity contribution in [1.82, 2.24) is 0 Å². The standard InChI is InChI=1S/C15H23N3O2/c1-11(12(2)16)15(19)17-13-5-3-4-6-14(13)18-7-9-20-10-8-18/h3-6,11-12H,7-10,16H2,1-2H3,(H,17,19). The fourth-order valence-corrected chi connectivity index (χ4v) is 2.14. The predicted molar refractivity (Wildman–Crippen MR) is 80.9 cm³/mol.